The number of hydrogen-bond acceptors (Lipinski definition) is 4. The summed E-state index contributed by atoms with van der Waals surface area (Å²) in [5.41, 5.74) is 4.52. The van der Waals surface area contributed by atoms with Gasteiger partial charge in [0.15, 0.2) is 11.5 Å². The number of hydrogen-bond donors (Lipinski definition) is 1. The topological polar surface area (TPSA) is 54.0 Å². The predicted octanol–water partition coefficient (Wildman–Crippen LogP) is 3.43. The summed E-state index contributed by atoms with van der Waals surface area (Å²) in [6, 6.07) is 11.9. The molecule has 27 heavy (non-hydrogen) atoms. The van der Waals surface area contributed by atoms with Gasteiger partial charge in [-0.3, -0.25) is 0 Å². The number of carbonyl (C=O) groups excluding carboxylic acids is 1. The Kier molecular flexibility index (Phi) is 4.79. The lowest BCUT2D eigenvalue weighted by molar-refractivity contribution is 0.171. The third-order valence-corrected chi connectivity index (χ3v) is 5.07. The van der Waals surface area contributed by atoms with E-state index < -0.39 is 0 Å². The molecule has 1 N–H and O–H groups in total. The van der Waals surface area contributed by atoms with Crippen molar-refractivity contribution in [2.75, 3.05) is 49.6 Å². The second-order valence-corrected chi connectivity index (χ2v) is 7.05. The number of nitrogens with one attached hydrogen (secondary N) is 1. The Morgan fingerprint density at radius 2 is 1.67 bits per heavy atom. The molecule has 2 amide bonds. The molecule has 0 radical (unpaired) electrons. The monoisotopic (exact) mass is 367 g/mol. The fourth-order valence-corrected chi connectivity index (χ4v) is 3.53. The van der Waals surface area contributed by atoms with E-state index in [9.17, 15) is 4.79 Å². The molecule has 4 rings (SSSR count). The zero-order chi connectivity index (χ0) is 18.8. The van der Waals surface area contributed by atoms with Gasteiger partial charge in [0.2, 0.25) is 0 Å². The fourth-order valence-electron chi connectivity index (χ4n) is 3.53. The number of rotatable bonds is 2. The number of aryl methyl sites for hydroxylation is 2. The molecule has 2 aliphatic rings. The number of nitrogens with zero attached hydrogens (tertiary/aromatic N) is 2. The van der Waals surface area contributed by atoms with Crippen LogP contribution >= 0.6 is 0 Å². The van der Waals surface area contributed by atoms with Crippen LogP contribution in [-0.4, -0.2) is 50.3 Å². The van der Waals surface area contributed by atoms with Crippen LogP contribution in [0.3, 0.4) is 0 Å². The van der Waals surface area contributed by atoms with Crippen molar-refractivity contribution in [3.05, 3.63) is 47.5 Å². The van der Waals surface area contributed by atoms with Crippen LogP contribution in [-0.2, 0) is 0 Å². The summed E-state index contributed by atoms with van der Waals surface area (Å²) in [6.45, 7) is 8.40. The smallest absolute Gasteiger partial charge is 0.321 e. The normalized spacial score (nSPS) is 16.2. The molecule has 0 saturated carbocycles. The van der Waals surface area contributed by atoms with Gasteiger partial charge in [0.25, 0.3) is 0 Å². The van der Waals surface area contributed by atoms with E-state index in [1.54, 1.807) is 0 Å². The van der Waals surface area contributed by atoms with E-state index in [4.69, 9.17) is 9.47 Å². The first-order valence-electron chi connectivity index (χ1n) is 9.38. The van der Waals surface area contributed by atoms with Crippen molar-refractivity contribution in [1.29, 1.82) is 0 Å². The number of amides is 2. The standard InChI is InChI=1S/C21H25N3O3/c1-15-3-4-16(2)18(13-15)23-7-9-24(10-8-23)21(25)22-17-5-6-19-20(14-17)27-12-11-26-19/h3-6,13-14H,7-12H2,1-2H3,(H,22,25). The van der Waals surface area contributed by atoms with Gasteiger partial charge in [-0.05, 0) is 43.2 Å². The van der Waals surface area contributed by atoms with Gasteiger partial charge in [-0.15, -0.1) is 0 Å². The van der Waals surface area contributed by atoms with Crippen LogP contribution in [0.4, 0.5) is 16.2 Å². The summed E-state index contributed by atoms with van der Waals surface area (Å²) in [5.74, 6) is 1.40. The Balaban J connectivity index is 1.37. The number of urea groups is 1. The second-order valence-electron chi connectivity index (χ2n) is 7.05. The largest absolute Gasteiger partial charge is 0.486 e. The van der Waals surface area contributed by atoms with Crippen molar-refractivity contribution in [2.45, 2.75) is 13.8 Å². The van der Waals surface area contributed by atoms with E-state index in [2.05, 4.69) is 42.3 Å². The van der Waals surface area contributed by atoms with E-state index in [-0.39, 0.29) is 6.03 Å². The van der Waals surface area contributed by atoms with Crippen LogP contribution in [0.5, 0.6) is 11.5 Å². The molecular formula is C21H25N3O3. The molecule has 2 aromatic rings. The van der Waals surface area contributed by atoms with E-state index in [0.717, 1.165) is 24.5 Å². The average molecular weight is 367 g/mol. The van der Waals surface area contributed by atoms with Gasteiger partial charge in [-0.2, -0.15) is 0 Å². The van der Waals surface area contributed by atoms with Crippen molar-refractivity contribution in [3.63, 3.8) is 0 Å². The Bertz CT molecular complexity index is 845. The number of carbonyl (C=O) groups is 1. The molecule has 1 fully saturated rings. The number of piperazine rings is 1. The summed E-state index contributed by atoms with van der Waals surface area (Å²) in [6.07, 6.45) is 0. The van der Waals surface area contributed by atoms with Gasteiger partial charge in [-0.1, -0.05) is 12.1 Å². The Morgan fingerprint density at radius 3 is 2.44 bits per heavy atom. The Hall–Kier alpha value is -2.89. The zero-order valence-corrected chi connectivity index (χ0v) is 15.8. The van der Waals surface area contributed by atoms with Gasteiger partial charge < -0.3 is 24.6 Å². The quantitative estimate of drug-likeness (QED) is 0.884. The first-order valence-corrected chi connectivity index (χ1v) is 9.38. The van der Waals surface area contributed by atoms with E-state index in [1.807, 2.05) is 23.1 Å². The first kappa shape index (κ1) is 17.5. The van der Waals surface area contributed by atoms with Gasteiger partial charge >= 0.3 is 6.03 Å². The highest BCUT2D eigenvalue weighted by Crippen LogP contribution is 2.32. The number of fused-ring (bicyclic) bond motifs is 1. The molecule has 142 valence electrons. The van der Waals surface area contributed by atoms with Crippen molar-refractivity contribution in [1.82, 2.24) is 4.90 Å². The molecule has 2 aliphatic heterocycles. The lowest BCUT2D eigenvalue weighted by Crippen LogP contribution is -2.50. The van der Waals surface area contributed by atoms with Crippen LogP contribution in [0.2, 0.25) is 0 Å². The first-order chi connectivity index (χ1) is 13.1. The summed E-state index contributed by atoms with van der Waals surface area (Å²) >= 11 is 0. The van der Waals surface area contributed by atoms with Crippen molar-refractivity contribution in [3.8, 4) is 11.5 Å². The van der Waals surface area contributed by atoms with Gasteiger partial charge in [0, 0.05) is 43.6 Å². The minimum atomic E-state index is -0.0766. The SMILES string of the molecule is Cc1ccc(C)c(N2CCN(C(=O)Nc3ccc4c(c3)OCCO4)CC2)c1. The van der Waals surface area contributed by atoms with E-state index >= 15 is 0 Å². The minimum absolute atomic E-state index is 0.0766. The third kappa shape index (κ3) is 3.79. The van der Waals surface area contributed by atoms with Crippen LogP contribution in [0, 0.1) is 13.8 Å². The zero-order valence-electron chi connectivity index (χ0n) is 15.8. The molecule has 0 unspecified atom stereocenters. The predicted molar refractivity (Wildman–Crippen MR) is 106 cm³/mol. The van der Waals surface area contributed by atoms with Crippen LogP contribution in [0.25, 0.3) is 0 Å². The molecule has 0 aromatic heterocycles. The molecular weight excluding hydrogens is 342 g/mol. The van der Waals surface area contributed by atoms with Crippen molar-refractivity contribution in [2.24, 2.45) is 0 Å². The summed E-state index contributed by atoms with van der Waals surface area (Å²) in [5, 5.41) is 2.97. The number of ether oxygens (including phenoxy) is 2. The van der Waals surface area contributed by atoms with Gasteiger partial charge in [0.05, 0.1) is 0 Å². The minimum Gasteiger partial charge on any atom is -0.486 e. The highest BCUT2D eigenvalue weighted by molar-refractivity contribution is 5.90. The average Bonchev–Trinajstić information content (AvgIpc) is 2.70. The Morgan fingerprint density at radius 1 is 0.926 bits per heavy atom. The highest BCUT2D eigenvalue weighted by Gasteiger charge is 2.22. The molecule has 6 heteroatoms. The van der Waals surface area contributed by atoms with Gasteiger partial charge in [-0.25, -0.2) is 4.79 Å². The van der Waals surface area contributed by atoms with E-state index in [0.29, 0.717) is 32.1 Å². The van der Waals surface area contributed by atoms with Crippen molar-refractivity contribution >= 4 is 17.4 Å². The number of anilines is 2. The highest BCUT2D eigenvalue weighted by atomic mass is 16.6. The molecule has 6 nitrogen and oxygen atoms in total. The summed E-state index contributed by atoms with van der Waals surface area (Å²) < 4.78 is 11.1. The lowest BCUT2D eigenvalue weighted by Gasteiger charge is -2.37. The summed E-state index contributed by atoms with van der Waals surface area (Å²) in [4.78, 5) is 16.8. The molecule has 1 saturated heterocycles. The van der Waals surface area contributed by atoms with Crippen LogP contribution in [0.15, 0.2) is 36.4 Å². The van der Waals surface area contributed by atoms with Gasteiger partial charge in [0.1, 0.15) is 13.2 Å². The van der Waals surface area contributed by atoms with E-state index in [1.165, 1.54) is 16.8 Å². The molecule has 0 aliphatic carbocycles. The van der Waals surface area contributed by atoms with Crippen LogP contribution < -0.4 is 19.7 Å². The lowest BCUT2D eigenvalue weighted by atomic mass is 10.1. The molecule has 0 spiro atoms. The molecule has 2 heterocycles. The Labute approximate surface area is 159 Å². The fraction of sp³-hybridized carbons (Fsp3) is 0.381. The third-order valence-electron chi connectivity index (χ3n) is 5.07. The van der Waals surface area contributed by atoms with Crippen LogP contribution in [0.1, 0.15) is 11.1 Å². The maximum atomic E-state index is 12.6. The number of benzene rings is 2. The molecule has 0 bridgehead atoms. The second kappa shape index (κ2) is 7.39. The van der Waals surface area contributed by atoms with Crippen molar-refractivity contribution < 1.29 is 14.3 Å². The maximum Gasteiger partial charge on any atom is 0.321 e. The molecule has 2 aromatic carbocycles. The molecule has 0 atom stereocenters. The summed E-state index contributed by atoms with van der Waals surface area (Å²) in [7, 11) is 0. The maximum absolute atomic E-state index is 12.6.